The summed E-state index contributed by atoms with van der Waals surface area (Å²) >= 11 is 5.98. The SMILES string of the molecule is COc1ccc(CN(C(=O)C(C)C)[C@@H](Cc2ccccc2)C(=O)NCc2ccc(Cl)cc2)cc1. The molecule has 34 heavy (non-hydrogen) atoms. The Morgan fingerprint density at radius 3 is 2.09 bits per heavy atom. The summed E-state index contributed by atoms with van der Waals surface area (Å²) in [5.41, 5.74) is 2.86. The van der Waals surface area contributed by atoms with Gasteiger partial charge in [-0.3, -0.25) is 9.59 Å². The number of hydrogen-bond donors (Lipinski definition) is 1. The van der Waals surface area contributed by atoms with Gasteiger partial charge in [0, 0.05) is 30.5 Å². The smallest absolute Gasteiger partial charge is 0.243 e. The predicted molar refractivity (Wildman–Crippen MR) is 136 cm³/mol. The van der Waals surface area contributed by atoms with E-state index in [4.69, 9.17) is 16.3 Å². The Morgan fingerprint density at radius 1 is 0.882 bits per heavy atom. The topological polar surface area (TPSA) is 58.6 Å². The number of methoxy groups -OCH3 is 1. The van der Waals surface area contributed by atoms with Gasteiger partial charge >= 0.3 is 0 Å². The summed E-state index contributed by atoms with van der Waals surface area (Å²) in [6.45, 7) is 4.39. The number of carbonyl (C=O) groups excluding carboxylic acids is 2. The van der Waals surface area contributed by atoms with Gasteiger partial charge in [0.05, 0.1) is 7.11 Å². The van der Waals surface area contributed by atoms with Gasteiger partial charge < -0.3 is 15.0 Å². The van der Waals surface area contributed by atoms with E-state index in [1.165, 1.54) is 0 Å². The number of carbonyl (C=O) groups is 2. The maximum Gasteiger partial charge on any atom is 0.243 e. The van der Waals surface area contributed by atoms with E-state index in [2.05, 4.69) is 5.32 Å². The molecule has 0 aliphatic carbocycles. The summed E-state index contributed by atoms with van der Waals surface area (Å²) < 4.78 is 5.25. The first kappa shape index (κ1) is 25.3. The number of amides is 2. The lowest BCUT2D eigenvalue weighted by Gasteiger charge is -2.33. The number of nitrogens with one attached hydrogen (secondary N) is 1. The Balaban J connectivity index is 1.88. The maximum atomic E-state index is 13.5. The zero-order chi connectivity index (χ0) is 24.5. The van der Waals surface area contributed by atoms with Gasteiger partial charge in [0.25, 0.3) is 0 Å². The Hall–Kier alpha value is -3.31. The monoisotopic (exact) mass is 478 g/mol. The maximum absolute atomic E-state index is 13.5. The van der Waals surface area contributed by atoms with E-state index in [1.54, 1.807) is 24.1 Å². The Bertz CT molecular complexity index is 1070. The number of benzene rings is 3. The van der Waals surface area contributed by atoms with E-state index in [0.29, 0.717) is 24.5 Å². The molecule has 0 fully saturated rings. The van der Waals surface area contributed by atoms with Crippen molar-refractivity contribution in [3.8, 4) is 5.75 Å². The minimum absolute atomic E-state index is 0.0709. The van der Waals surface area contributed by atoms with Crippen molar-refractivity contribution in [3.05, 3.63) is 101 Å². The molecule has 0 saturated carbocycles. The average molecular weight is 479 g/mol. The highest BCUT2D eigenvalue weighted by molar-refractivity contribution is 6.30. The number of nitrogens with zero attached hydrogens (tertiary/aromatic N) is 1. The molecule has 1 N–H and O–H groups in total. The largest absolute Gasteiger partial charge is 0.497 e. The molecule has 2 amide bonds. The molecule has 0 aliphatic heterocycles. The van der Waals surface area contributed by atoms with E-state index >= 15 is 0 Å². The third kappa shape index (κ3) is 7.09. The lowest BCUT2D eigenvalue weighted by atomic mass is 10.0. The first-order chi connectivity index (χ1) is 16.4. The average Bonchev–Trinajstić information content (AvgIpc) is 2.86. The van der Waals surface area contributed by atoms with Crippen molar-refractivity contribution < 1.29 is 14.3 Å². The van der Waals surface area contributed by atoms with Crippen LogP contribution in [0.4, 0.5) is 0 Å². The Kier molecular flexibility index (Phi) is 9.11. The number of hydrogen-bond acceptors (Lipinski definition) is 3. The molecule has 1 atom stereocenters. The number of ether oxygens (including phenoxy) is 1. The minimum Gasteiger partial charge on any atom is -0.497 e. The molecule has 0 unspecified atom stereocenters. The van der Waals surface area contributed by atoms with Crippen LogP contribution in [0.25, 0.3) is 0 Å². The van der Waals surface area contributed by atoms with Crippen LogP contribution in [0.5, 0.6) is 5.75 Å². The summed E-state index contributed by atoms with van der Waals surface area (Å²) in [7, 11) is 1.62. The van der Waals surface area contributed by atoms with Crippen LogP contribution in [-0.2, 0) is 29.1 Å². The highest BCUT2D eigenvalue weighted by atomic mass is 35.5. The number of rotatable bonds is 10. The van der Waals surface area contributed by atoms with Gasteiger partial charge in [-0.2, -0.15) is 0 Å². The van der Waals surface area contributed by atoms with E-state index < -0.39 is 6.04 Å². The van der Waals surface area contributed by atoms with Crippen LogP contribution in [-0.4, -0.2) is 29.9 Å². The summed E-state index contributed by atoms with van der Waals surface area (Å²) in [5, 5.41) is 3.66. The Morgan fingerprint density at radius 2 is 1.50 bits per heavy atom. The van der Waals surface area contributed by atoms with Crippen molar-refractivity contribution in [2.45, 2.75) is 39.4 Å². The second-order valence-electron chi connectivity index (χ2n) is 8.52. The van der Waals surface area contributed by atoms with Crippen LogP contribution >= 0.6 is 11.6 Å². The van der Waals surface area contributed by atoms with Gasteiger partial charge in [0.2, 0.25) is 11.8 Å². The molecule has 0 spiro atoms. The van der Waals surface area contributed by atoms with E-state index in [0.717, 1.165) is 22.4 Å². The lowest BCUT2D eigenvalue weighted by molar-refractivity contribution is -0.143. The van der Waals surface area contributed by atoms with Gasteiger partial charge in [0.1, 0.15) is 11.8 Å². The van der Waals surface area contributed by atoms with Crippen molar-refractivity contribution in [2.75, 3.05) is 7.11 Å². The fraction of sp³-hybridized carbons (Fsp3) is 0.286. The van der Waals surface area contributed by atoms with Crippen LogP contribution in [0.2, 0.25) is 5.02 Å². The first-order valence-electron chi connectivity index (χ1n) is 11.4. The van der Waals surface area contributed by atoms with Gasteiger partial charge in [0.15, 0.2) is 0 Å². The molecule has 0 radical (unpaired) electrons. The summed E-state index contributed by atoms with van der Waals surface area (Å²) in [6, 6.07) is 24.0. The highest BCUT2D eigenvalue weighted by Crippen LogP contribution is 2.19. The van der Waals surface area contributed by atoms with Crippen molar-refractivity contribution in [2.24, 2.45) is 5.92 Å². The molecule has 3 rings (SSSR count). The standard InChI is InChI=1S/C28H31ClN2O3/c1-20(2)28(33)31(19-23-11-15-25(34-3)16-12-23)26(17-21-7-5-4-6-8-21)27(32)30-18-22-9-13-24(29)14-10-22/h4-16,20,26H,17-19H2,1-3H3,(H,30,32)/t26-/m0/s1. The van der Waals surface area contributed by atoms with Gasteiger partial charge in [-0.05, 0) is 41.0 Å². The summed E-state index contributed by atoms with van der Waals surface area (Å²) in [4.78, 5) is 28.5. The molecule has 6 heteroatoms. The molecule has 3 aromatic carbocycles. The van der Waals surface area contributed by atoms with Crippen LogP contribution in [0, 0.1) is 5.92 Å². The lowest BCUT2D eigenvalue weighted by Crippen LogP contribution is -2.51. The van der Waals surface area contributed by atoms with E-state index in [1.807, 2.05) is 80.6 Å². The summed E-state index contributed by atoms with van der Waals surface area (Å²) in [5.74, 6) is 0.229. The fourth-order valence-electron chi connectivity index (χ4n) is 3.69. The van der Waals surface area contributed by atoms with Crippen molar-refractivity contribution in [1.82, 2.24) is 10.2 Å². The third-order valence-corrected chi connectivity index (χ3v) is 5.87. The molecule has 0 heterocycles. The molecule has 178 valence electrons. The number of halogens is 1. The first-order valence-corrected chi connectivity index (χ1v) is 11.7. The van der Waals surface area contributed by atoms with Crippen molar-refractivity contribution in [1.29, 1.82) is 0 Å². The molecular formula is C28H31ClN2O3. The molecule has 0 bridgehead atoms. The van der Waals surface area contributed by atoms with Crippen molar-refractivity contribution in [3.63, 3.8) is 0 Å². The normalized spacial score (nSPS) is 11.7. The molecule has 0 saturated heterocycles. The van der Waals surface area contributed by atoms with E-state index in [-0.39, 0.29) is 17.7 Å². The van der Waals surface area contributed by atoms with E-state index in [9.17, 15) is 9.59 Å². The second kappa shape index (κ2) is 12.2. The second-order valence-corrected chi connectivity index (χ2v) is 8.96. The highest BCUT2D eigenvalue weighted by Gasteiger charge is 2.31. The van der Waals surface area contributed by atoms with Crippen LogP contribution < -0.4 is 10.1 Å². The van der Waals surface area contributed by atoms with Crippen molar-refractivity contribution >= 4 is 23.4 Å². The van der Waals surface area contributed by atoms with Crippen LogP contribution in [0.15, 0.2) is 78.9 Å². The van der Waals surface area contributed by atoms with Gasteiger partial charge in [-0.1, -0.05) is 80.0 Å². The summed E-state index contributed by atoms with van der Waals surface area (Å²) in [6.07, 6.45) is 0.419. The Labute approximate surface area is 206 Å². The minimum atomic E-state index is -0.660. The molecule has 0 aliphatic rings. The zero-order valence-corrected chi connectivity index (χ0v) is 20.6. The van der Waals surface area contributed by atoms with Crippen LogP contribution in [0.1, 0.15) is 30.5 Å². The zero-order valence-electron chi connectivity index (χ0n) is 19.8. The molecule has 0 aromatic heterocycles. The quantitative estimate of drug-likeness (QED) is 0.432. The predicted octanol–water partition coefficient (Wildman–Crippen LogP) is 5.26. The van der Waals surface area contributed by atoms with Gasteiger partial charge in [-0.25, -0.2) is 0 Å². The van der Waals surface area contributed by atoms with Gasteiger partial charge in [-0.15, -0.1) is 0 Å². The fourth-order valence-corrected chi connectivity index (χ4v) is 3.82. The molecule has 3 aromatic rings. The molecule has 5 nitrogen and oxygen atoms in total. The third-order valence-electron chi connectivity index (χ3n) is 5.62. The van der Waals surface area contributed by atoms with Crippen LogP contribution in [0.3, 0.4) is 0 Å². The molecular weight excluding hydrogens is 448 g/mol.